The summed E-state index contributed by atoms with van der Waals surface area (Å²) in [7, 11) is 0. The largest absolute Gasteiger partial charge is 0.351 e. The second kappa shape index (κ2) is 8.31. The molecule has 0 bridgehead atoms. The Morgan fingerprint density at radius 3 is 2.62 bits per heavy atom. The highest BCUT2D eigenvalue weighted by Gasteiger charge is 2.34. The number of carbonyl (C=O) groups excluding carboxylic acids is 3. The normalized spacial score (nSPS) is 16.8. The van der Waals surface area contributed by atoms with Gasteiger partial charge in [-0.15, -0.1) is 0 Å². The fourth-order valence-corrected chi connectivity index (χ4v) is 2.96. The van der Waals surface area contributed by atoms with E-state index in [1.807, 2.05) is 20.8 Å². The predicted octanol–water partition coefficient (Wildman–Crippen LogP) is 3.58. The predicted molar refractivity (Wildman–Crippen MR) is 101 cm³/mol. The van der Waals surface area contributed by atoms with Gasteiger partial charge in [0.05, 0.1) is 4.91 Å². The molecule has 0 atom stereocenters. The third kappa shape index (κ3) is 5.56. The van der Waals surface area contributed by atoms with Crippen LogP contribution < -0.4 is 5.32 Å². The van der Waals surface area contributed by atoms with Crippen molar-refractivity contribution in [3.8, 4) is 0 Å². The molecular formula is C19H21FN2O3S. The molecule has 0 aliphatic carbocycles. The van der Waals surface area contributed by atoms with Gasteiger partial charge in [-0.1, -0.05) is 45.0 Å². The number of rotatable bonds is 5. The Hall–Kier alpha value is -2.41. The van der Waals surface area contributed by atoms with Crippen molar-refractivity contribution >= 4 is 34.9 Å². The molecule has 7 heteroatoms. The van der Waals surface area contributed by atoms with Gasteiger partial charge in [0.2, 0.25) is 5.91 Å². The monoisotopic (exact) mass is 376 g/mol. The summed E-state index contributed by atoms with van der Waals surface area (Å²) < 4.78 is 13.7. The Labute approximate surface area is 156 Å². The lowest BCUT2D eigenvalue weighted by molar-refractivity contribution is -0.123. The molecule has 1 saturated heterocycles. The number of amides is 3. The van der Waals surface area contributed by atoms with Gasteiger partial charge in [-0.25, -0.2) is 4.39 Å². The maximum atomic E-state index is 13.7. The molecule has 1 aromatic carbocycles. The molecule has 0 aromatic heterocycles. The Balaban J connectivity index is 1.94. The summed E-state index contributed by atoms with van der Waals surface area (Å²) in [6.45, 7) is 6.13. The van der Waals surface area contributed by atoms with E-state index in [-0.39, 0.29) is 34.9 Å². The minimum absolute atomic E-state index is 0.0639. The molecule has 1 aliphatic rings. The fourth-order valence-electron chi connectivity index (χ4n) is 2.10. The van der Waals surface area contributed by atoms with Gasteiger partial charge in [-0.3, -0.25) is 19.3 Å². The number of benzene rings is 1. The van der Waals surface area contributed by atoms with Gasteiger partial charge in [0.15, 0.2) is 0 Å². The molecule has 26 heavy (non-hydrogen) atoms. The van der Waals surface area contributed by atoms with Crippen LogP contribution in [0.1, 0.15) is 26.3 Å². The zero-order chi connectivity index (χ0) is 19.3. The van der Waals surface area contributed by atoms with E-state index in [1.165, 1.54) is 24.3 Å². The molecule has 0 radical (unpaired) electrons. The van der Waals surface area contributed by atoms with Crippen molar-refractivity contribution < 1.29 is 18.8 Å². The van der Waals surface area contributed by atoms with Crippen LogP contribution in [0.2, 0.25) is 0 Å². The van der Waals surface area contributed by atoms with Crippen molar-refractivity contribution in [2.24, 2.45) is 5.41 Å². The number of hydrogen-bond donors (Lipinski definition) is 1. The first kappa shape index (κ1) is 19.9. The zero-order valence-electron chi connectivity index (χ0n) is 14.9. The van der Waals surface area contributed by atoms with E-state index in [9.17, 15) is 18.8 Å². The molecule has 1 N–H and O–H groups in total. The third-order valence-electron chi connectivity index (χ3n) is 3.43. The third-order valence-corrected chi connectivity index (χ3v) is 4.34. The van der Waals surface area contributed by atoms with Crippen molar-refractivity contribution in [3.63, 3.8) is 0 Å². The summed E-state index contributed by atoms with van der Waals surface area (Å²) in [4.78, 5) is 37.3. The summed E-state index contributed by atoms with van der Waals surface area (Å²) >= 11 is 0.763. The maximum absolute atomic E-state index is 13.7. The second-order valence-electron chi connectivity index (χ2n) is 6.85. The quantitative estimate of drug-likeness (QED) is 0.798. The van der Waals surface area contributed by atoms with Crippen LogP contribution in [0.3, 0.4) is 0 Å². The van der Waals surface area contributed by atoms with Gasteiger partial charge >= 0.3 is 0 Å². The molecule has 2 rings (SSSR count). The van der Waals surface area contributed by atoms with Crippen LogP contribution in [-0.2, 0) is 9.59 Å². The molecule has 138 valence electrons. The zero-order valence-corrected chi connectivity index (χ0v) is 15.7. The van der Waals surface area contributed by atoms with Crippen molar-refractivity contribution in [3.05, 3.63) is 52.7 Å². The molecule has 1 aliphatic heterocycles. The topological polar surface area (TPSA) is 66.5 Å². The fraction of sp³-hybridized carbons (Fsp3) is 0.316. The van der Waals surface area contributed by atoms with E-state index in [0.29, 0.717) is 0 Å². The van der Waals surface area contributed by atoms with Crippen LogP contribution in [0.4, 0.5) is 9.18 Å². The molecular weight excluding hydrogens is 355 g/mol. The Kier molecular flexibility index (Phi) is 6.37. The number of nitrogens with one attached hydrogen (secondary N) is 1. The van der Waals surface area contributed by atoms with Gasteiger partial charge in [0, 0.05) is 18.7 Å². The van der Waals surface area contributed by atoms with Gasteiger partial charge in [0.25, 0.3) is 11.1 Å². The molecule has 1 aromatic rings. The maximum Gasteiger partial charge on any atom is 0.293 e. The van der Waals surface area contributed by atoms with Gasteiger partial charge < -0.3 is 5.32 Å². The molecule has 1 fully saturated rings. The highest BCUT2D eigenvalue weighted by molar-refractivity contribution is 8.18. The van der Waals surface area contributed by atoms with E-state index < -0.39 is 17.0 Å². The average molecular weight is 376 g/mol. The van der Waals surface area contributed by atoms with Crippen LogP contribution >= 0.6 is 11.8 Å². The van der Waals surface area contributed by atoms with Gasteiger partial charge in [-0.05, 0) is 35.4 Å². The van der Waals surface area contributed by atoms with Crippen molar-refractivity contribution in [1.29, 1.82) is 0 Å². The smallest absolute Gasteiger partial charge is 0.293 e. The number of imide groups is 1. The summed E-state index contributed by atoms with van der Waals surface area (Å²) in [5.74, 6) is -1.23. The van der Waals surface area contributed by atoms with Crippen LogP contribution in [-0.4, -0.2) is 35.0 Å². The summed E-state index contributed by atoms with van der Waals surface area (Å²) in [6.07, 6.45) is 4.58. The number of allylic oxidation sites excluding steroid dienone is 1. The van der Waals surface area contributed by atoms with Gasteiger partial charge in [-0.2, -0.15) is 0 Å². The highest BCUT2D eigenvalue weighted by Crippen LogP contribution is 2.32. The van der Waals surface area contributed by atoms with Crippen LogP contribution in [0.25, 0.3) is 6.08 Å². The first-order chi connectivity index (χ1) is 12.2. The lowest BCUT2D eigenvalue weighted by Crippen LogP contribution is -2.36. The minimum Gasteiger partial charge on any atom is -0.351 e. The van der Waals surface area contributed by atoms with E-state index in [0.717, 1.165) is 16.7 Å². The molecule has 0 spiro atoms. The Morgan fingerprint density at radius 1 is 1.27 bits per heavy atom. The van der Waals surface area contributed by atoms with Crippen molar-refractivity contribution in [1.82, 2.24) is 10.2 Å². The van der Waals surface area contributed by atoms with E-state index in [1.54, 1.807) is 18.2 Å². The first-order valence-electron chi connectivity index (χ1n) is 8.14. The molecule has 1 heterocycles. The summed E-state index contributed by atoms with van der Waals surface area (Å²) in [5, 5.41) is 2.20. The number of nitrogens with zero attached hydrogens (tertiary/aromatic N) is 1. The van der Waals surface area contributed by atoms with Gasteiger partial charge in [0.1, 0.15) is 5.82 Å². The molecule has 0 unspecified atom stereocenters. The average Bonchev–Trinajstić information content (AvgIpc) is 2.82. The standard InChI is InChI=1S/C19H21FN2O3S/c1-19(2,3)9-8-16(23)21-10-11-22-17(24)15(26-18(22)25)12-13-6-4-5-7-14(13)20/h4-9,12H,10-11H2,1-3H3,(H,21,23)/b9-8+,15-12-. The molecule has 5 nitrogen and oxygen atoms in total. The molecule has 3 amide bonds. The SMILES string of the molecule is CC(C)(C)/C=C/C(=O)NCCN1C(=O)S/C(=C\c2ccccc2F)C1=O. The minimum atomic E-state index is -0.484. The summed E-state index contributed by atoms with van der Waals surface area (Å²) in [6, 6.07) is 6.02. The lowest BCUT2D eigenvalue weighted by Gasteiger charge is -2.13. The second-order valence-corrected chi connectivity index (χ2v) is 7.84. The molecule has 0 saturated carbocycles. The summed E-state index contributed by atoms with van der Waals surface area (Å²) in [5.41, 5.74) is 0.139. The Bertz CT molecular complexity index is 781. The lowest BCUT2D eigenvalue weighted by atomic mass is 9.96. The van der Waals surface area contributed by atoms with Crippen LogP contribution in [0.15, 0.2) is 41.3 Å². The van der Waals surface area contributed by atoms with E-state index in [4.69, 9.17) is 0 Å². The number of thioether (sulfide) groups is 1. The van der Waals surface area contributed by atoms with Crippen LogP contribution in [0, 0.1) is 11.2 Å². The van der Waals surface area contributed by atoms with Crippen LogP contribution in [0.5, 0.6) is 0 Å². The first-order valence-corrected chi connectivity index (χ1v) is 8.96. The van der Waals surface area contributed by atoms with E-state index >= 15 is 0 Å². The van der Waals surface area contributed by atoms with E-state index in [2.05, 4.69) is 5.32 Å². The van der Waals surface area contributed by atoms with Crippen molar-refractivity contribution in [2.75, 3.05) is 13.1 Å². The number of carbonyl (C=O) groups is 3. The Morgan fingerprint density at radius 2 is 1.96 bits per heavy atom. The number of hydrogen-bond acceptors (Lipinski definition) is 4. The number of halogens is 1. The highest BCUT2D eigenvalue weighted by atomic mass is 32.2. The van der Waals surface area contributed by atoms with Crippen molar-refractivity contribution in [2.45, 2.75) is 20.8 Å².